The van der Waals surface area contributed by atoms with Crippen LogP contribution in [0.3, 0.4) is 0 Å². The molecule has 0 saturated heterocycles. The topological polar surface area (TPSA) is 70.9 Å². The molecule has 2 aromatic heterocycles. The lowest BCUT2D eigenvalue weighted by atomic mass is 10.0. The van der Waals surface area contributed by atoms with Crippen molar-refractivity contribution in [3.05, 3.63) is 54.6 Å². The standard InChI is InChI=1S/C18H14FN3O2/c19-13-2-3-14-15(10-20-16(14)8-13)11-1-4-17-12(7-11)9-21-22(17)6-5-18(23)24/h1-4,7-10,20H,5-6H2,(H,23,24). The lowest BCUT2D eigenvalue weighted by Crippen LogP contribution is -2.05. The Hall–Kier alpha value is -3.15. The van der Waals surface area contributed by atoms with Crippen molar-refractivity contribution in [2.75, 3.05) is 0 Å². The number of aliphatic carboxylic acids is 1. The van der Waals surface area contributed by atoms with E-state index in [2.05, 4.69) is 10.1 Å². The van der Waals surface area contributed by atoms with E-state index in [-0.39, 0.29) is 12.2 Å². The van der Waals surface area contributed by atoms with Crippen LogP contribution in [0.2, 0.25) is 0 Å². The molecule has 0 fully saturated rings. The fourth-order valence-corrected chi connectivity index (χ4v) is 2.97. The van der Waals surface area contributed by atoms with E-state index >= 15 is 0 Å². The van der Waals surface area contributed by atoms with E-state index in [0.717, 1.165) is 32.9 Å². The fraction of sp³-hybridized carbons (Fsp3) is 0.111. The van der Waals surface area contributed by atoms with E-state index in [1.807, 2.05) is 24.4 Å². The van der Waals surface area contributed by atoms with Crippen LogP contribution in [-0.2, 0) is 11.3 Å². The van der Waals surface area contributed by atoms with Crippen molar-refractivity contribution in [2.24, 2.45) is 0 Å². The number of halogens is 1. The Morgan fingerprint density at radius 1 is 1.25 bits per heavy atom. The summed E-state index contributed by atoms with van der Waals surface area (Å²) in [7, 11) is 0. The normalized spacial score (nSPS) is 11.4. The van der Waals surface area contributed by atoms with Crippen molar-refractivity contribution in [1.82, 2.24) is 14.8 Å². The number of aryl methyl sites for hydroxylation is 1. The molecule has 6 heteroatoms. The maximum Gasteiger partial charge on any atom is 0.305 e. The Labute approximate surface area is 136 Å². The quantitative estimate of drug-likeness (QED) is 0.600. The summed E-state index contributed by atoms with van der Waals surface area (Å²) in [5, 5.41) is 15.0. The molecule has 0 radical (unpaired) electrons. The zero-order valence-corrected chi connectivity index (χ0v) is 12.7. The van der Waals surface area contributed by atoms with Crippen LogP contribution in [0.4, 0.5) is 4.39 Å². The molecule has 2 N–H and O–H groups in total. The number of carbonyl (C=O) groups is 1. The number of hydrogen-bond donors (Lipinski definition) is 2. The lowest BCUT2D eigenvalue weighted by Gasteiger charge is -2.03. The average molecular weight is 323 g/mol. The highest BCUT2D eigenvalue weighted by Gasteiger charge is 2.10. The number of H-pyrrole nitrogens is 1. The lowest BCUT2D eigenvalue weighted by molar-refractivity contribution is -0.137. The molecule has 0 bridgehead atoms. The molecule has 0 amide bonds. The zero-order valence-electron chi connectivity index (χ0n) is 12.7. The molecule has 2 heterocycles. The third-order valence-electron chi connectivity index (χ3n) is 4.13. The molecule has 4 rings (SSSR count). The molecule has 120 valence electrons. The predicted octanol–water partition coefficient (Wildman–Crippen LogP) is 3.80. The molecular formula is C18H14FN3O2. The molecule has 2 aromatic carbocycles. The van der Waals surface area contributed by atoms with Crippen LogP contribution in [-0.4, -0.2) is 25.8 Å². The number of benzene rings is 2. The van der Waals surface area contributed by atoms with Crippen LogP contribution < -0.4 is 0 Å². The Kier molecular flexibility index (Phi) is 3.30. The molecule has 4 aromatic rings. The number of carboxylic acid groups (broad SMARTS) is 1. The maximum absolute atomic E-state index is 13.3. The molecule has 0 aliphatic heterocycles. The summed E-state index contributed by atoms with van der Waals surface area (Å²) < 4.78 is 15.0. The smallest absolute Gasteiger partial charge is 0.305 e. The first-order valence-corrected chi connectivity index (χ1v) is 7.56. The molecule has 0 spiro atoms. The van der Waals surface area contributed by atoms with Crippen molar-refractivity contribution >= 4 is 27.8 Å². The Bertz CT molecular complexity index is 1060. The van der Waals surface area contributed by atoms with Gasteiger partial charge in [0.1, 0.15) is 5.82 Å². The van der Waals surface area contributed by atoms with Gasteiger partial charge < -0.3 is 10.1 Å². The fourth-order valence-electron chi connectivity index (χ4n) is 2.97. The third-order valence-corrected chi connectivity index (χ3v) is 4.13. The summed E-state index contributed by atoms with van der Waals surface area (Å²) in [4.78, 5) is 13.8. The highest BCUT2D eigenvalue weighted by atomic mass is 19.1. The van der Waals surface area contributed by atoms with Gasteiger partial charge in [-0.15, -0.1) is 0 Å². The Morgan fingerprint density at radius 3 is 2.96 bits per heavy atom. The van der Waals surface area contributed by atoms with Crippen LogP contribution in [0.1, 0.15) is 6.42 Å². The van der Waals surface area contributed by atoms with Gasteiger partial charge in [-0.2, -0.15) is 5.10 Å². The summed E-state index contributed by atoms with van der Waals surface area (Å²) in [5.74, 6) is -1.12. The highest BCUT2D eigenvalue weighted by Crippen LogP contribution is 2.31. The van der Waals surface area contributed by atoms with E-state index in [4.69, 9.17) is 5.11 Å². The SMILES string of the molecule is O=C(O)CCn1ncc2cc(-c3c[nH]c4cc(F)ccc34)ccc21. The van der Waals surface area contributed by atoms with E-state index in [1.54, 1.807) is 16.9 Å². The van der Waals surface area contributed by atoms with Gasteiger partial charge in [0.25, 0.3) is 0 Å². The summed E-state index contributed by atoms with van der Waals surface area (Å²) in [6.07, 6.45) is 3.63. The first kappa shape index (κ1) is 14.4. The van der Waals surface area contributed by atoms with Gasteiger partial charge in [-0.25, -0.2) is 4.39 Å². The second kappa shape index (κ2) is 5.49. The van der Waals surface area contributed by atoms with Gasteiger partial charge in [0.15, 0.2) is 0 Å². The van der Waals surface area contributed by atoms with Gasteiger partial charge in [-0.1, -0.05) is 6.07 Å². The van der Waals surface area contributed by atoms with Gasteiger partial charge in [0, 0.05) is 28.0 Å². The number of nitrogens with one attached hydrogen (secondary N) is 1. The number of aromatic amines is 1. The molecule has 0 aliphatic carbocycles. The number of carboxylic acids is 1. The Balaban J connectivity index is 1.76. The van der Waals surface area contributed by atoms with Crippen LogP contribution in [0.5, 0.6) is 0 Å². The zero-order chi connectivity index (χ0) is 16.7. The van der Waals surface area contributed by atoms with E-state index < -0.39 is 5.97 Å². The number of rotatable bonds is 4. The molecular weight excluding hydrogens is 309 g/mol. The predicted molar refractivity (Wildman–Crippen MR) is 89.2 cm³/mol. The summed E-state index contributed by atoms with van der Waals surface area (Å²) in [5.41, 5.74) is 3.64. The molecule has 5 nitrogen and oxygen atoms in total. The van der Waals surface area contributed by atoms with Gasteiger partial charge in [-0.3, -0.25) is 9.48 Å². The molecule has 0 saturated carbocycles. The van der Waals surface area contributed by atoms with Crippen molar-refractivity contribution in [3.8, 4) is 11.1 Å². The van der Waals surface area contributed by atoms with Crippen molar-refractivity contribution in [1.29, 1.82) is 0 Å². The number of hydrogen-bond acceptors (Lipinski definition) is 2. The largest absolute Gasteiger partial charge is 0.481 e. The van der Waals surface area contributed by atoms with Gasteiger partial charge >= 0.3 is 5.97 Å². The average Bonchev–Trinajstić information content (AvgIpc) is 3.15. The van der Waals surface area contributed by atoms with Crippen LogP contribution in [0, 0.1) is 5.82 Å². The van der Waals surface area contributed by atoms with Crippen molar-refractivity contribution in [2.45, 2.75) is 13.0 Å². The summed E-state index contributed by atoms with van der Waals surface area (Å²) in [6, 6.07) is 10.6. The second-order valence-corrected chi connectivity index (χ2v) is 5.68. The van der Waals surface area contributed by atoms with Gasteiger partial charge in [0.2, 0.25) is 0 Å². The van der Waals surface area contributed by atoms with E-state index in [9.17, 15) is 9.18 Å². The van der Waals surface area contributed by atoms with Gasteiger partial charge in [0.05, 0.1) is 24.7 Å². The summed E-state index contributed by atoms with van der Waals surface area (Å²) in [6.45, 7) is 0.338. The number of nitrogens with zero attached hydrogens (tertiary/aromatic N) is 2. The molecule has 0 atom stereocenters. The minimum absolute atomic E-state index is 0.0343. The molecule has 24 heavy (non-hydrogen) atoms. The first-order chi connectivity index (χ1) is 11.6. The van der Waals surface area contributed by atoms with E-state index in [0.29, 0.717) is 6.54 Å². The number of fused-ring (bicyclic) bond motifs is 2. The minimum Gasteiger partial charge on any atom is -0.481 e. The van der Waals surface area contributed by atoms with Crippen molar-refractivity contribution < 1.29 is 14.3 Å². The second-order valence-electron chi connectivity index (χ2n) is 5.68. The Morgan fingerprint density at radius 2 is 2.12 bits per heavy atom. The number of aromatic nitrogens is 3. The van der Waals surface area contributed by atoms with Crippen LogP contribution >= 0.6 is 0 Å². The monoisotopic (exact) mass is 323 g/mol. The van der Waals surface area contributed by atoms with E-state index in [1.165, 1.54) is 12.1 Å². The first-order valence-electron chi connectivity index (χ1n) is 7.56. The van der Waals surface area contributed by atoms with Crippen LogP contribution in [0.15, 0.2) is 48.8 Å². The maximum atomic E-state index is 13.3. The van der Waals surface area contributed by atoms with Crippen molar-refractivity contribution in [3.63, 3.8) is 0 Å². The van der Waals surface area contributed by atoms with Gasteiger partial charge in [-0.05, 0) is 35.9 Å². The third kappa shape index (κ3) is 2.42. The highest BCUT2D eigenvalue weighted by molar-refractivity contribution is 5.97. The summed E-state index contributed by atoms with van der Waals surface area (Å²) >= 11 is 0. The molecule has 0 unspecified atom stereocenters. The van der Waals surface area contributed by atoms with Crippen LogP contribution in [0.25, 0.3) is 32.9 Å². The minimum atomic E-state index is -0.846. The molecule has 0 aliphatic rings.